The van der Waals surface area contributed by atoms with E-state index in [-0.39, 0.29) is 6.10 Å². The number of rotatable bonds is 3. The number of ether oxygens (including phenoxy) is 1. The standard InChI is InChI=1S/C10H11NO2S/c1-7-10(14-6-11-7)9(12-2)8-4-3-5-13-8/h3-6,9H,1-2H3. The Hall–Kier alpha value is -1.13. The van der Waals surface area contributed by atoms with Gasteiger partial charge in [0.25, 0.3) is 0 Å². The number of aromatic nitrogens is 1. The minimum Gasteiger partial charge on any atom is -0.466 e. The summed E-state index contributed by atoms with van der Waals surface area (Å²) < 4.78 is 10.7. The molecule has 2 rings (SSSR count). The lowest BCUT2D eigenvalue weighted by molar-refractivity contribution is 0.118. The number of hydrogen-bond acceptors (Lipinski definition) is 4. The van der Waals surface area contributed by atoms with Crippen LogP contribution in [-0.4, -0.2) is 12.1 Å². The molecule has 0 aliphatic rings. The van der Waals surface area contributed by atoms with Crippen LogP contribution in [0.25, 0.3) is 0 Å². The second-order valence-corrected chi connectivity index (χ2v) is 3.82. The third-order valence-corrected chi connectivity index (χ3v) is 3.03. The summed E-state index contributed by atoms with van der Waals surface area (Å²) in [5.41, 5.74) is 2.82. The smallest absolute Gasteiger partial charge is 0.151 e. The molecular formula is C10H11NO2S. The number of hydrogen-bond donors (Lipinski definition) is 0. The van der Waals surface area contributed by atoms with Gasteiger partial charge in [0.05, 0.1) is 22.3 Å². The van der Waals surface area contributed by atoms with Crippen molar-refractivity contribution in [3.63, 3.8) is 0 Å². The van der Waals surface area contributed by atoms with Crippen LogP contribution in [0.4, 0.5) is 0 Å². The van der Waals surface area contributed by atoms with Gasteiger partial charge in [-0.25, -0.2) is 4.98 Å². The Kier molecular flexibility index (Phi) is 2.65. The molecule has 2 aromatic rings. The third-order valence-electron chi connectivity index (χ3n) is 2.06. The molecule has 0 saturated heterocycles. The van der Waals surface area contributed by atoms with Crippen molar-refractivity contribution in [1.82, 2.24) is 4.98 Å². The highest BCUT2D eigenvalue weighted by Gasteiger charge is 2.19. The van der Waals surface area contributed by atoms with Gasteiger partial charge in [0.1, 0.15) is 5.76 Å². The lowest BCUT2D eigenvalue weighted by Gasteiger charge is -2.10. The molecule has 0 aromatic carbocycles. The van der Waals surface area contributed by atoms with Gasteiger partial charge in [-0.15, -0.1) is 11.3 Å². The molecule has 0 saturated carbocycles. The lowest BCUT2D eigenvalue weighted by atomic mass is 10.2. The van der Waals surface area contributed by atoms with E-state index < -0.39 is 0 Å². The van der Waals surface area contributed by atoms with E-state index in [0.29, 0.717) is 0 Å². The Labute approximate surface area is 86.4 Å². The van der Waals surface area contributed by atoms with E-state index in [1.807, 2.05) is 24.6 Å². The minimum atomic E-state index is -0.127. The van der Waals surface area contributed by atoms with E-state index in [9.17, 15) is 0 Å². The molecule has 0 aliphatic carbocycles. The Bertz CT molecular complexity index is 394. The topological polar surface area (TPSA) is 35.3 Å². The van der Waals surface area contributed by atoms with Crippen molar-refractivity contribution in [2.45, 2.75) is 13.0 Å². The summed E-state index contributed by atoms with van der Waals surface area (Å²) in [4.78, 5) is 5.29. The summed E-state index contributed by atoms with van der Waals surface area (Å²) in [7, 11) is 1.67. The molecule has 0 aliphatic heterocycles. The van der Waals surface area contributed by atoms with Crippen LogP contribution in [0.3, 0.4) is 0 Å². The van der Waals surface area contributed by atoms with Gasteiger partial charge in [-0.05, 0) is 19.1 Å². The molecule has 2 aromatic heterocycles. The van der Waals surface area contributed by atoms with Crippen molar-refractivity contribution in [3.8, 4) is 0 Å². The molecule has 3 nitrogen and oxygen atoms in total. The van der Waals surface area contributed by atoms with Crippen LogP contribution in [0.2, 0.25) is 0 Å². The Morgan fingerprint density at radius 1 is 1.57 bits per heavy atom. The van der Waals surface area contributed by atoms with Gasteiger partial charge < -0.3 is 9.15 Å². The molecule has 0 fully saturated rings. The van der Waals surface area contributed by atoms with Gasteiger partial charge in [-0.1, -0.05) is 0 Å². The third kappa shape index (κ3) is 1.58. The van der Waals surface area contributed by atoms with Crippen molar-refractivity contribution < 1.29 is 9.15 Å². The quantitative estimate of drug-likeness (QED) is 0.779. The van der Waals surface area contributed by atoms with Crippen molar-refractivity contribution >= 4 is 11.3 Å². The first kappa shape index (κ1) is 9.43. The second-order valence-electron chi connectivity index (χ2n) is 2.93. The fourth-order valence-electron chi connectivity index (χ4n) is 1.36. The van der Waals surface area contributed by atoms with Crippen LogP contribution in [-0.2, 0) is 4.74 Å². The zero-order valence-corrected chi connectivity index (χ0v) is 8.88. The van der Waals surface area contributed by atoms with Gasteiger partial charge >= 0.3 is 0 Å². The van der Waals surface area contributed by atoms with Crippen molar-refractivity contribution in [2.24, 2.45) is 0 Å². The van der Waals surface area contributed by atoms with Crippen LogP contribution in [0.15, 0.2) is 28.3 Å². The summed E-state index contributed by atoms with van der Waals surface area (Å²) in [6, 6.07) is 3.77. The maximum atomic E-state index is 5.40. The van der Waals surface area contributed by atoms with E-state index in [1.165, 1.54) is 0 Å². The zero-order chi connectivity index (χ0) is 9.97. The Balaban J connectivity index is 2.36. The number of nitrogens with zero attached hydrogens (tertiary/aromatic N) is 1. The van der Waals surface area contributed by atoms with Crippen molar-refractivity contribution in [2.75, 3.05) is 7.11 Å². The molecule has 0 bridgehead atoms. The van der Waals surface area contributed by atoms with E-state index in [0.717, 1.165) is 16.3 Å². The zero-order valence-electron chi connectivity index (χ0n) is 8.06. The molecule has 0 radical (unpaired) electrons. The Morgan fingerprint density at radius 3 is 2.93 bits per heavy atom. The van der Waals surface area contributed by atoms with E-state index in [2.05, 4.69) is 4.98 Å². The summed E-state index contributed by atoms with van der Waals surface area (Å²) >= 11 is 1.58. The van der Waals surface area contributed by atoms with Gasteiger partial charge in [0, 0.05) is 7.11 Å². The molecule has 0 amide bonds. The lowest BCUT2D eigenvalue weighted by Crippen LogP contribution is -2.01. The monoisotopic (exact) mass is 209 g/mol. The summed E-state index contributed by atoms with van der Waals surface area (Å²) in [6.07, 6.45) is 1.52. The maximum absolute atomic E-state index is 5.40. The van der Waals surface area contributed by atoms with Gasteiger partial charge in [-0.3, -0.25) is 0 Å². The normalized spacial score (nSPS) is 13.0. The average molecular weight is 209 g/mol. The first-order valence-electron chi connectivity index (χ1n) is 4.29. The summed E-state index contributed by atoms with van der Waals surface area (Å²) in [5, 5.41) is 0. The minimum absolute atomic E-state index is 0.127. The van der Waals surface area contributed by atoms with Crippen LogP contribution in [0, 0.1) is 6.92 Å². The SMILES string of the molecule is COC(c1ccco1)c1scnc1C. The summed E-state index contributed by atoms with van der Waals surface area (Å²) in [5.74, 6) is 0.819. The highest BCUT2D eigenvalue weighted by molar-refractivity contribution is 7.09. The highest BCUT2D eigenvalue weighted by Crippen LogP contribution is 2.30. The van der Waals surface area contributed by atoms with Crippen molar-refractivity contribution in [3.05, 3.63) is 40.2 Å². The van der Waals surface area contributed by atoms with Gasteiger partial charge in [-0.2, -0.15) is 0 Å². The fraction of sp³-hybridized carbons (Fsp3) is 0.300. The number of methoxy groups -OCH3 is 1. The van der Waals surface area contributed by atoms with Crippen molar-refractivity contribution in [1.29, 1.82) is 0 Å². The van der Waals surface area contributed by atoms with Crippen LogP contribution in [0.5, 0.6) is 0 Å². The first-order chi connectivity index (χ1) is 6.83. The summed E-state index contributed by atoms with van der Waals surface area (Å²) in [6.45, 7) is 1.97. The van der Waals surface area contributed by atoms with E-state index in [1.54, 1.807) is 24.7 Å². The first-order valence-corrected chi connectivity index (χ1v) is 5.17. The number of thiazole rings is 1. The fourth-order valence-corrected chi connectivity index (χ4v) is 2.24. The molecule has 4 heteroatoms. The van der Waals surface area contributed by atoms with Crippen LogP contribution < -0.4 is 0 Å². The molecule has 14 heavy (non-hydrogen) atoms. The van der Waals surface area contributed by atoms with E-state index >= 15 is 0 Å². The molecule has 2 heterocycles. The molecule has 1 atom stereocenters. The molecule has 1 unspecified atom stereocenters. The predicted molar refractivity (Wildman–Crippen MR) is 54.4 cm³/mol. The van der Waals surface area contributed by atoms with E-state index in [4.69, 9.17) is 9.15 Å². The Morgan fingerprint density at radius 2 is 2.43 bits per heavy atom. The highest BCUT2D eigenvalue weighted by atomic mass is 32.1. The molecule has 74 valence electrons. The second kappa shape index (κ2) is 3.94. The average Bonchev–Trinajstić information content (AvgIpc) is 2.80. The molecule has 0 spiro atoms. The van der Waals surface area contributed by atoms with Crippen LogP contribution in [0.1, 0.15) is 22.4 Å². The molecule has 0 N–H and O–H groups in total. The predicted octanol–water partition coefficient (Wildman–Crippen LogP) is 2.78. The molecular weight excluding hydrogens is 198 g/mol. The maximum Gasteiger partial charge on any atom is 0.151 e. The van der Waals surface area contributed by atoms with Gasteiger partial charge in [0.15, 0.2) is 6.10 Å². The number of furan rings is 1. The van der Waals surface area contributed by atoms with Gasteiger partial charge in [0.2, 0.25) is 0 Å². The largest absolute Gasteiger partial charge is 0.466 e. The number of aryl methyl sites for hydroxylation is 1. The van der Waals surface area contributed by atoms with Crippen LogP contribution >= 0.6 is 11.3 Å².